The first-order valence-electron chi connectivity index (χ1n) is 5.81. The van der Waals surface area contributed by atoms with Gasteiger partial charge in [0.15, 0.2) is 0 Å². The highest BCUT2D eigenvalue weighted by atomic mass is 32.1. The molecule has 0 saturated carbocycles. The van der Waals surface area contributed by atoms with Crippen molar-refractivity contribution in [2.24, 2.45) is 0 Å². The first-order valence-corrected chi connectivity index (χ1v) is 6.62. The van der Waals surface area contributed by atoms with Crippen LogP contribution in [0.5, 0.6) is 0 Å². The fourth-order valence-corrected chi connectivity index (χ4v) is 2.63. The molecular weight excluding hydrogens is 258 g/mol. The van der Waals surface area contributed by atoms with E-state index in [-0.39, 0.29) is 5.91 Å². The number of benzene rings is 1. The van der Waals surface area contributed by atoms with Crippen LogP contribution in [-0.2, 0) is 0 Å². The first kappa shape index (κ1) is 11.8. The van der Waals surface area contributed by atoms with Crippen molar-refractivity contribution >= 4 is 33.1 Å². The lowest BCUT2D eigenvalue weighted by atomic mass is 10.2. The molecule has 4 nitrogen and oxygen atoms in total. The summed E-state index contributed by atoms with van der Waals surface area (Å²) in [7, 11) is 0. The van der Waals surface area contributed by atoms with Gasteiger partial charge in [-0.1, -0.05) is 0 Å². The Morgan fingerprint density at radius 3 is 3.00 bits per heavy atom. The van der Waals surface area contributed by atoms with Crippen LogP contribution in [-0.4, -0.2) is 15.9 Å². The Balaban J connectivity index is 1.89. The molecule has 0 aliphatic carbocycles. The number of nitrogens with zero attached hydrogens (tertiary/aromatic N) is 2. The fourth-order valence-electron chi connectivity index (χ4n) is 1.82. The lowest BCUT2D eigenvalue weighted by Gasteiger charge is -2.04. The third-order valence-corrected chi connectivity index (χ3v) is 3.63. The van der Waals surface area contributed by atoms with Gasteiger partial charge in [-0.3, -0.25) is 9.78 Å². The standard InChI is InChI=1S/C14H11N3OS/c1-9-16-12-7-10(4-5-13(12)19-9)14(18)17-11-3-2-6-15-8-11/h2-8H,1H3,(H,17,18). The maximum Gasteiger partial charge on any atom is 0.255 e. The fraction of sp³-hybridized carbons (Fsp3) is 0.0714. The molecule has 0 bridgehead atoms. The SMILES string of the molecule is Cc1nc2cc(C(=O)Nc3cccnc3)ccc2s1. The molecule has 1 aromatic carbocycles. The van der Waals surface area contributed by atoms with E-state index >= 15 is 0 Å². The number of rotatable bonds is 2. The first-order chi connectivity index (χ1) is 9.22. The number of carbonyl (C=O) groups is 1. The minimum atomic E-state index is -0.152. The molecule has 19 heavy (non-hydrogen) atoms. The highest BCUT2D eigenvalue weighted by Gasteiger charge is 2.08. The average molecular weight is 269 g/mol. The average Bonchev–Trinajstić information content (AvgIpc) is 2.78. The molecule has 0 aliphatic heterocycles. The molecule has 3 aromatic rings. The van der Waals surface area contributed by atoms with E-state index in [9.17, 15) is 4.79 Å². The van der Waals surface area contributed by atoms with Gasteiger partial charge in [-0.25, -0.2) is 4.98 Å². The molecule has 3 rings (SSSR count). The Hall–Kier alpha value is -2.27. The molecule has 1 N–H and O–H groups in total. The summed E-state index contributed by atoms with van der Waals surface area (Å²) < 4.78 is 1.09. The zero-order valence-corrected chi connectivity index (χ0v) is 11.1. The summed E-state index contributed by atoms with van der Waals surface area (Å²) >= 11 is 1.62. The van der Waals surface area contributed by atoms with Crippen LogP contribution in [0.3, 0.4) is 0 Å². The maximum atomic E-state index is 12.1. The van der Waals surface area contributed by atoms with Crippen LogP contribution < -0.4 is 5.32 Å². The number of carbonyl (C=O) groups excluding carboxylic acids is 1. The molecule has 0 radical (unpaired) electrons. The van der Waals surface area contributed by atoms with Gasteiger partial charge in [0.05, 0.1) is 27.1 Å². The second kappa shape index (κ2) is 4.78. The molecule has 1 amide bonds. The van der Waals surface area contributed by atoms with Crippen molar-refractivity contribution < 1.29 is 4.79 Å². The monoisotopic (exact) mass is 269 g/mol. The number of anilines is 1. The van der Waals surface area contributed by atoms with Crippen molar-refractivity contribution in [3.8, 4) is 0 Å². The summed E-state index contributed by atoms with van der Waals surface area (Å²) in [5, 5.41) is 3.80. The Kier molecular flexibility index (Phi) is 2.97. The number of nitrogens with one attached hydrogen (secondary N) is 1. The molecular formula is C14H11N3OS. The van der Waals surface area contributed by atoms with Crippen LogP contribution in [0.2, 0.25) is 0 Å². The molecule has 0 saturated heterocycles. The smallest absolute Gasteiger partial charge is 0.255 e. The summed E-state index contributed by atoms with van der Waals surface area (Å²) in [6.07, 6.45) is 3.28. The zero-order chi connectivity index (χ0) is 13.2. The predicted molar refractivity (Wildman–Crippen MR) is 76.5 cm³/mol. The number of fused-ring (bicyclic) bond motifs is 1. The molecule has 0 fully saturated rings. The molecule has 0 spiro atoms. The second-order valence-corrected chi connectivity index (χ2v) is 5.35. The summed E-state index contributed by atoms with van der Waals surface area (Å²) in [6.45, 7) is 1.96. The normalized spacial score (nSPS) is 10.6. The van der Waals surface area contributed by atoms with Crippen LogP contribution >= 0.6 is 11.3 Å². The molecule has 2 aromatic heterocycles. The minimum absolute atomic E-state index is 0.152. The summed E-state index contributed by atoms with van der Waals surface area (Å²) in [5.74, 6) is -0.152. The number of hydrogen-bond acceptors (Lipinski definition) is 4. The molecule has 2 heterocycles. The van der Waals surface area contributed by atoms with Gasteiger partial charge >= 0.3 is 0 Å². The highest BCUT2D eigenvalue weighted by molar-refractivity contribution is 7.18. The minimum Gasteiger partial charge on any atom is -0.321 e. The number of amides is 1. The van der Waals surface area contributed by atoms with E-state index < -0.39 is 0 Å². The Bertz CT molecular complexity index is 737. The van der Waals surface area contributed by atoms with Gasteiger partial charge in [-0.15, -0.1) is 11.3 Å². The van der Waals surface area contributed by atoms with Crippen LogP contribution in [0.25, 0.3) is 10.2 Å². The van der Waals surface area contributed by atoms with Crippen LogP contribution in [0.4, 0.5) is 5.69 Å². The highest BCUT2D eigenvalue weighted by Crippen LogP contribution is 2.22. The van der Waals surface area contributed by atoms with E-state index in [0.717, 1.165) is 15.2 Å². The molecule has 0 atom stereocenters. The van der Waals surface area contributed by atoms with E-state index in [1.54, 1.807) is 35.9 Å². The van der Waals surface area contributed by atoms with E-state index in [2.05, 4.69) is 15.3 Å². The van der Waals surface area contributed by atoms with E-state index in [1.165, 1.54) is 0 Å². The van der Waals surface area contributed by atoms with Crippen molar-refractivity contribution in [2.75, 3.05) is 5.32 Å². The van der Waals surface area contributed by atoms with Crippen LogP contribution in [0, 0.1) is 6.92 Å². The van der Waals surface area contributed by atoms with Crippen molar-refractivity contribution in [3.05, 3.63) is 53.3 Å². The summed E-state index contributed by atoms with van der Waals surface area (Å²) in [5.41, 5.74) is 2.14. The van der Waals surface area contributed by atoms with Crippen molar-refractivity contribution in [2.45, 2.75) is 6.92 Å². The van der Waals surface area contributed by atoms with Crippen molar-refractivity contribution in [1.29, 1.82) is 0 Å². The third-order valence-electron chi connectivity index (χ3n) is 2.68. The van der Waals surface area contributed by atoms with Crippen LogP contribution in [0.15, 0.2) is 42.7 Å². The third kappa shape index (κ3) is 2.46. The topological polar surface area (TPSA) is 54.9 Å². The van der Waals surface area contributed by atoms with Gasteiger partial charge in [0.1, 0.15) is 0 Å². The van der Waals surface area contributed by atoms with E-state index in [0.29, 0.717) is 11.3 Å². The molecule has 0 aliphatic rings. The van der Waals surface area contributed by atoms with Crippen LogP contribution in [0.1, 0.15) is 15.4 Å². The van der Waals surface area contributed by atoms with Gasteiger partial charge in [-0.2, -0.15) is 0 Å². The Labute approximate surface area is 114 Å². The predicted octanol–water partition coefficient (Wildman–Crippen LogP) is 3.25. The second-order valence-electron chi connectivity index (χ2n) is 4.11. The number of aryl methyl sites for hydroxylation is 1. The van der Waals surface area contributed by atoms with Gasteiger partial charge in [0.2, 0.25) is 0 Å². The molecule has 0 unspecified atom stereocenters. The van der Waals surface area contributed by atoms with Gasteiger partial charge in [0, 0.05) is 11.8 Å². The number of hydrogen-bond donors (Lipinski definition) is 1. The van der Waals surface area contributed by atoms with Crippen molar-refractivity contribution in [1.82, 2.24) is 9.97 Å². The number of thiazole rings is 1. The number of pyridine rings is 1. The molecule has 5 heteroatoms. The Morgan fingerprint density at radius 2 is 2.21 bits per heavy atom. The molecule has 94 valence electrons. The lowest BCUT2D eigenvalue weighted by molar-refractivity contribution is 0.102. The van der Waals surface area contributed by atoms with E-state index in [4.69, 9.17) is 0 Å². The largest absolute Gasteiger partial charge is 0.321 e. The Morgan fingerprint density at radius 1 is 1.32 bits per heavy atom. The number of aromatic nitrogens is 2. The summed E-state index contributed by atoms with van der Waals surface area (Å²) in [6, 6.07) is 9.13. The maximum absolute atomic E-state index is 12.1. The summed E-state index contributed by atoms with van der Waals surface area (Å²) in [4.78, 5) is 20.4. The zero-order valence-electron chi connectivity index (χ0n) is 10.3. The van der Waals surface area contributed by atoms with E-state index in [1.807, 2.05) is 25.1 Å². The lowest BCUT2D eigenvalue weighted by Crippen LogP contribution is -2.11. The van der Waals surface area contributed by atoms with Gasteiger partial charge in [-0.05, 0) is 37.3 Å². The quantitative estimate of drug-likeness (QED) is 0.777. The van der Waals surface area contributed by atoms with Crippen molar-refractivity contribution in [3.63, 3.8) is 0 Å². The van der Waals surface area contributed by atoms with Gasteiger partial charge in [0.25, 0.3) is 5.91 Å². The van der Waals surface area contributed by atoms with Gasteiger partial charge < -0.3 is 5.32 Å².